The topological polar surface area (TPSA) is 344 Å². The van der Waals surface area contributed by atoms with Crippen molar-refractivity contribution in [2.75, 3.05) is 19.8 Å². The van der Waals surface area contributed by atoms with Gasteiger partial charge in [-0.2, -0.15) is 0 Å². The first-order valence-corrected chi connectivity index (χ1v) is 14.2. The Morgan fingerprint density at radius 3 is 1.91 bits per heavy atom. The lowest BCUT2D eigenvalue weighted by atomic mass is 9.88. The zero-order valence-corrected chi connectivity index (χ0v) is 24.7. The van der Waals surface area contributed by atoms with Crippen molar-refractivity contribution in [3.63, 3.8) is 0 Å². The minimum atomic E-state index is -3.04. The van der Waals surface area contributed by atoms with Crippen LogP contribution in [0.25, 0.3) is 0 Å². The Bertz CT molecular complexity index is 1050. The summed E-state index contributed by atoms with van der Waals surface area (Å²) >= 11 is 0. The molecule has 3 saturated heterocycles. The molecule has 0 bridgehead atoms. The molecule has 2 amide bonds. The summed E-state index contributed by atoms with van der Waals surface area (Å²) in [5.74, 6) is -6.50. The normalized spacial score (nSPS) is 42.9. The average Bonchev–Trinajstić information content (AvgIpc) is 2.99. The van der Waals surface area contributed by atoms with Gasteiger partial charge in [0.25, 0.3) is 5.79 Å². The number of ether oxygens (including phenoxy) is 5. The maximum absolute atomic E-state index is 12.6. The van der Waals surface area contributed by atoms with Crippen molar-refractivity contribution in [2.45, 2.75) is 118 Å². The van der Waals surface area contributed by atoms with E-state index in [1.807, 2.05) is 0 Å². The summed E-state index contributed by atoms with van der Waals surface area (Å²) in [5, 5.41) is 118. The number of aliphatic carboxylic acids is 1. The van der Waals surface area contributed by atoms with Gasteiger partial charge in [-0.25, -0.2) is 4.79 Å². The molecule has 3 aliphatic rings. The van der Waals surface area contributed by atoms with Crippen LogP contribution in [0.1, 0.15) is 20.3 Å². The fraction of sp³-hybridized carbons (Fsp3) is 0.880. The average molecular weight is 675 g/mol. The standard InChI is InChI=1S/C25H42N2O19/c1-7(31)26-13-9(33)3-25(24(40)41,45-20(13)15(35)10(34)4-28)46-21-17(37)12(6-30)43-23(18(21)38)44-19-14(27-8(2)32)22(39)42-11(5-29)16(19)36/h9-23,28-30,33-39H,3-6H2,1-2H3,(H,26,31)(H,27,32)(H,40,41)/t9-,10-,11+,12+,13-,14+,15-,16-,17+,18+,19-,20-,21+,22-,23+,25+/m0/s1. The molecule has 16 atom stereocenters. The quantitative estimate of drug-likeness (QED) is 0.0913. The summed E-state index contributed by atoms with van der Waals surface area (Å²) in [5.41, 5.74) is 0. The second kappa shape index (κ2) is 15.8. The van der Waals surface area contributed by atoms with Crippen LogP contribution in [-0.4, -0.2) is 191 Å². The molecule has 0 aromatic heterocycles. The summed E-state index contributed by atoms with van der Waals surface area (Å²) < 4.78 is 27.3. The van der Waals surface area contributed by atoms with E-state index >= 15 is 0 Å². The second-order valence-corrected chi connectivity index (χ2v) is 11.2. The van der Waals surface area contributed by atoms with E-state index in [2.05, 4.69) is 10.6 Å². The molecule has 0 unspecified atom stereocenters. The Morgan fingerprint density at radius 1 is 0.848 bits per heavy atom. The molecular weight excluding hydrogens is 632 g/mol. The Morgan fingerprint density at radius 2 is 1.39 bits per heavy atom. The number of nitrogens with one attached hydrogen (secondary N) is 2. The minimum absolute atomic E-state index is 0.720. The third kappa shape index (κ3) is 8.08. The molecule has 3 aliphatic heterocycles. The van der Waals surface area contributed by atoms with E-state index in [1.165, 1.54) is 0 Å². The van der Waals surface area contributed by atoms with Gasteiger partial charge in [-0.05, 0) is 0 Å². The molecule has 266 valence electrons. The van der Waals surface area contributed by atoms with Gasteiger partial charge in [0.1, 0.15) is 67.1 Å². The molecular formula is C25H42N2O19. The highest BCUT2D eigenvalue weighted by atomic mass is 16.8. The van der Waals surface area contributed by atoms with Crippen molar-refractivity contribution < 1.29 is 94.2 Å². The molecule has 0 radical (unpaired) electrons. The van der Waals surface area contributed by atoms with Crippen molar-refractivity contribution in [1.82, 2.24) is 10.6 Å². The van der Waals surface area contributed by atoms with Gasteiger partial charge < -0.3 is 90.5 Å². The van der Waals surface area contributed by atoms with Gasteiger partial charge in [-0.3, -0.25) is 9.59 Å². The van der Waals surface area contributed by atoms with Gasteiger partial charge >= 0.3 is 5.97 Å². The fourth-order valence-corrected chi connectivity index (χ4v) is 5.56. The van der Waals surface area contributed by atoms with Gasteiger partial charge in [-0.15, -0.1) is 0 Å². The van der Waals surface area contributed by atoms with Crippen LogP contribution in [0.5, 0.6) is 0 Å². The summed E-state index contributed by atoms with van der Waals surface area (Å²) in [6.07, 6.45) is -25.8. The molecule has 0 aliphatic carbocycles. The van der Waals surface area contributed by atoms with Crippen LogP contribution >= 0.6 is 0 Å². The lowest BCUT2D eigenvalue weighted by Gasteiger charge is -2.50. The lowest BCUT2D eigenvalue weighted by Crippen LogP contribution is -2.71. The van der Waals surface area contributed by atoms with Crippen LogP contribution < -0.4 is 10.6 Å². The molecule has 3 heterocycles. The van der Waals surface area contributed by atoms with E-state index in [4.69, 9.17) is 23.7 Å². The van der Waals surface area contributed by atoms with Crippen LogP contribution in [0.4, 0.5) is 0 Å². The zero-order chi connectivity index (χ0) is 34.7. The Labute approximate surface area is 260 Å². The number of hydrogen-bond donors (Lipinski definition) is 13. The first-order chi connectivity index (χ1) is 21.5. The number of amides is 2. The highest BCUT2D eigenvalue weighted by Gasteiger charge is 2.60. The highest BCUT2D eigenvalue weighted by molar-refractivity contribution is 5.76. The van der Waals surface area contributed by atoms with Crippen molar-refractivity contribution in [2.24, 2.45) is 0 Å². The maximum atomic E-state index is 12.6. The summed E-state index contributed by atoms with van der Waals surface area (Å²) in [4.78, 5) is 36.2. The van der Waals surface area contributed by atoms with Crippen molar-refractivity contribution in [1.29, 1.82) is 0 Å². The van der Waals surface area contributed by atoms with E-state index < -0.39 is 142 Å². The van der Waals surface area contributed by atoms with Gasteiger partial charge in [-0.1, -0.05) is 0 Å². The van der Waals surface area contributed by atoms with E-state index in [0.29, 0.717) is 0 Å². The minimum Gasteiger partial charge on any atom is -0.477 e. The molecule has 3 rings (SSSR count). The molecule has 3 fully saturated rings. The monoisotopic (exact) mass is 674 g/mol. The molecule has 21 nitrogen and oxygen atoms in total. The number of carbonyl (C=O) groups excluding carboxylic acids is 2. The molecule has 13 N–H and O–H groups in total. The second-order valence-electron chi connectivity index (χ2n) is 11.2. The maximum Gasteiger partial charge on any atom is 0.364 e. The fourth-order valence-electron chi connectivity index (χ4n) is 5.56. The van der Waals surface area contributed by atoms with Crippen molar-refractivity contribution in [3.8, 4) is 0 Å². The van der Waals surface area contributed by atoms with Gasteiger partial charge in [0.15, 0.2) is 12.6 Å². The van der Waals surface area contributed by atoms with E-state index in [1.54, 1.807) is 0 Å². The Balaban J connectivity index is 1.98. The highest BCUT2D eigenvalue weighted by Crippen LogP contribution is 2.38. The largest absolute Gasteiger partial charge is 0.477 e. The van der Waals surface area contributed by atoms with Crippen LogP contribution in [-0.2, 0) is 38.1 Å². The van der Waals surface area contributed by atoms with Crippen LogP contribution in [0, 0.1) is 0 Å². The third-order valence-corrected chi connectivity index (χ3v) is 7.87. The number of aliphatic hydroxyl groups excluding tert-OH is 10. The first kappa shape index (κ1) is 38.3. The summed E-state index contributed by atoms with van der Waals surface area (Å²) in [6.45, 7) is -0.777. The number of hydrogen-bond acceptors (Lipinski definition) is 18. The van der Waals surface area contributed by atoms with Gasteiger partial charge in [0.2, 0.25) is 11.8 Å². The van der Waals surface area contributed by atoms with Crippen LogP contribution in [0.2, 0.25) is 0 Å². The number of rotatable bonds is 12. The molecule has 46 heavy (non-hydrogen) atoms. The molecule has 21 heteroatoms. The summed E-state index contributed by atoms with van der Waals surface area (Å²) in [7, 11) is 0. The smallest absolute Gasteiger partial charge is 0.364 e. The van der Waals surface area contributed by atoms with Crippen molar-refractivity contribution >= 4 is 17.8 Å². The number of carboxylic acid groups (broad SMARTS) is 1. The van der Waals surface area contributed by atoms with Gasteiger partial charge in [0.05, 0.1) is 32.0 Å². The molecule has 0 saturated carbocycles. The predicted molar refractivity (Wildman–Crippen MR) is 142 cm³/mol. The van der Waals surface area contributed by atoms with Crippen LogP contribution in [0.3, 0.4) is 0 Å². The van der Waals surface area contributed by atoms with Crippen molar-refractivity contribution in [3.05, 3.63) is 0 Å². The first-order valence-electron chi connectivity index (χ1n) is 14.2. The molecule has 0 aromatic rings. The van der Waals surface area contributed by atoms with E-state index in [-0.39, 0.29) is 0 Å². The van der Waals surface area contributed by atoms with Crippen LogP contribution in [0.15, 0.2) is 0 Å². The molecule has 0 aromatic carbocycles. The number of aliphatic hydroxyl groups is 10. The number of carbonyl (C=O) groups is 3. The van der Waals surface area contributed by atoms with Gasteiger partial charge in [0, 0.05) is 20.3 Å². The lowest BCUT2D eigenvalue weighted by molar-refractivity contribution is -0.380. The predicted octanol–water partition coefficient (Wildman–Crippen LogP) is -8.08. The van der Waals surface area contributed by atoms with E-state index in [9.17, 15) is 70.6 Å². The Hall–Kier alpha value is -2.19. The SMILES string of the molecule is CC(=O)N[C@@H]1[C@@H]([C@@H](O)[C@@H](O)CO)O[C@](O[C@H]2[C@@H](O)[C@@H](O[C@@H]3[C@@H](O)[C@@H](CO)O[C@H](O)[C@@H]3NC(C)=O)O[C@H](CO)[C@H]2O)(C(=O)O)C[C@@H]1O. The third-order valence-electron chi connectivity index (χ3n) is 7.87. The zero-order valence-electron chi connectivity index (χ0n) is 24.7. The number of carboxylic acids is 1. The Kier molecular flexibility index (Phi) is 13.1. The van der Waals surface area contributed by atoms with E-state index in [0.717, 1.165) is 13.8 Å². The summed E-state index contributed by atoms with van der Waals surface area (Å²) in [6, 6.07) is -3.08. The molecule has 0 spiro atoms.